The molecule has 2 rings (SSSR count). The van der Waals surface area contributed by atoms with Crippen LogP contribution in [0.15, 0.2) is 42.7 Å². The first-order valence-electron chi connectivity index (χ1n) is 5.93. The molecule has 0 aliphatic heterocycles. The highest BCUT2D eigenvalue weighted by Gasteiger charge is 2.15. The van der Waals surface area contributed by atoms with Crippen molar-refractivity contribution in [1.29, 1.82) is 0 Å². The van der Waals surface area contributed by atoms with Gasteiger partial charge in [0.05, 0.1) is 11.8 Å². The highest BCUT2D eigenvalue weighted by atomic mass is 35.5. The summed E-state index contributed by atoms with van der Waals surface area (Å²) in [5.41, 5.74) is 0.636. The van der Waals surface area contributed by atoms with Crippen LogP contribution >= 0.6 is 23.8 Å². The van der Waals surface area contributed by atoms with Gasteiger partial charge in [-0.2, -0.15) is 0 Å². The first kappa shape index (κ1) is 15.3. The van der Waals surface area contributed by atoms with E-state index >= 15 is 0 Å². The zero-order chi connectivity index (χ0) is 15.4. The average molecular weight is 324 g/mol. The van der Waals surface area contributed by atoms with E-state index in [1.165, 1.54) is 12.3 Å². The van der Waals surface area contributed by atoms with Gasteiger partial charge in [-0.05, 0) is 42.5 Å². The molecule has 1 amide bonds. The van der Waals surface area contributed by atoms with Crippen molar-refractivity contribution in [2.24, 2.45) is 0 Å². The highest BCUT2D eigenvalue weighted by molar-refractivity contribution is 7.80. The van der Waals surface area contributed by atoms with Gasteiger partial charge in [-0.3, -0.25) is 15.1 Å². The number of nitrogens with one attached hydrogen (secondary N) is 1. The molecule has 0 radical (unpaired) electrons. The predicted molar refractivity (Wildman–Crippen MR) is 84.1 cm³/mol. The van der Waals surface area contributed by atoms with E-state index in [2.05, 4.69) is 10.3 Å². The molecule has 0 spiro atoms. The molecule has 1 aromatic carbocycles. The minimum Gasteiger partial charge on any atom is -0.322 e. The Morgan fingerprint density at radius 2 is 2.00 bits per heavy atom. The van der Waals surface area contributed by atoms with Crippen LogP contribution in [0.4, 0.5) is 10.1 Å². The number of carbonyl (C=O) groups is 1. The fourth-order valence-electron chi connectivity index (χ4n) is 1.59. The van der Waals surface area contributed by atoms with Crippen molar-refractivity contribution >= 4 is 40.5 Å². The summed E-state index contributed by atoms with van der Waals surface area (Å²) in [7, 11) is 1.69. The number of rotatable bonds is 2. The van der Waals surface area contributed by atoms with Crippen LogP contribution in [0.1, 0.15) is 10.4 Å². The molecular formula is C14H11ClFN3OS. The van der Waals surface area contributed by atoms with Gasteiger partial charge in [-0.15, -0.1) is 0 Å². The van der Waals surface area contributed by atoms with Crippen molar-refractivity contribution in [2.75, 3.05) is 11.9 Å². The Kier molecular flexibility index (Phi) is 4.82. The number of halogens is 2. The third-order valence-electron chi connectivity index (χ3n) is 2.76. The van der Waals surface area contributed by atoms with Crippen LogP contribution in [0.3, 0.4) is 0 Å². The van der Waals surface area contributed by atoms with Crippen LogP contribution in [-0.4, -0.2) is 23.1 Å². The molecule has 0 aliphatic rings. The third-order valence-corrected chi connectivity index (χ3v) is 3.38. The molecule has 1 N–H and O–H groups in total. The molecule has 0 bridgehead atoms. The topological polar surface area (TPSA) is 45.2 Å². The number of thiocarbonyl (C=S) groups is 1. The lowest BCUT2D eigenvalue weighted by Gasteiger charge is -2.20. The van der Waals surface area contributed by atoms with Gasteiger partial charge in [0, 0.05) is 24.0 Å². The number of benzene rings is 1. The van der Waals surface area contributed by atoms with Crippen molar-refractivity contribution in [1.82, 2.24) is 10.3 Å². The number of aromatic nitrogens is 1. The Labute approximate surface area is 131 Å². The summed E-state index contributed by atoms with van der Waals surface area (Å²) in [4.78, 5) is 17.1. The third kappa shape index (κ3) is 3.74. The maximum absolute atomic E-state index is 13.5. The fourth-order valence-corrected chi connectivity index (χ4v) is 1.91. The molecule has 2 aromatic rings. The van der Waals surface area contributed by atoms with Gasteiger partial charge in [-0.25, -0.2) is 4.39 Å². The molecule has 4 nitrogen and oxygen atoms in total. The number of hydrogen-bond donors (Lipinski definition) is 1. The standard InChI is InChI=1S/C14H11ClFN3OS/c1-19(10-4-2-9(15)3-5-10)14(21)18-13(20)11-6-7-17-8-12(11)16/h2-8H,1H3,(H,18,20,21). The van der Waals surface area contributed by atoms with Crippen LogP contribution in [0.25, 0.3) is 0 Å². The van der Waals surface area contributed by atoms with Crippen LogP contribution in [0, 0.1) is 5.82 Å². The van der Waals surface area contributed by atoms with Crippen molar-refractivity contribution in [3.05, 3.63) is 59.1 Å². The van der Waals surface area contributed by atoms with Crippen molar-refractivity contribution < 1.29 is 9.18 Å². The van der Waals surface area contributed by atoms with E-state index in [0.29, 0.717) is 5.02 Å². The van der Waals surface area contributed by atoms with Crippen LogP contribution in [0.5, 0.6) is 0 Å². The van der Waals surface area contributed by atoms with E-state index in [1.807, 2.05) is 0 Å². The largest absolute Gasteiger partial charge is 0.322 e. The summed E-state index contributed by atoms with van der Waals surface area (Å²) in [5.74, 6) is -1.33. The van der Waals surface area contributed by atoms with Gasteiger partial charge in [-0.1, -0.05) is 11.6 Å². The Balaban J connectivity index is 2.09. The average Bonchev–Trinajstić information content (AvgIpc) is 2.47. The lowest BCUT2D eigenvalue weighted by molar-refractivity contribution is 0.0973. The quantitative estimate of drug-likeness (QED) is 0.863. The summed E-state index contributed by atoms with van der Waals surface area (Å²) < 4.78 is 13.5. The number of anilines is 1. The minimum atomic E-state index is -0.702. The highest BCUT2D eigenvalue weighted by Crippen LogP contribution is 2.17. The van der Waals surface area contributed by atoms with Gasteiger partial charge in [0.15, 0.2) is 10.9 Å². The van der Waals surface area contributed by atoms with Gasteiger partial charge in [0.2, 0.25) is 0 Å². The fraction of sp³-hybridized carbons (Fsp3) is 0.0714. The first-order valence-corrected chi connectivity index (χ1v) is 6.72. The summed E-state index contributed by atoms with van der Waals surface area (Å²) in [5, 5.41) is 3.22. The minimum absolute atomic E-state index is 0.114. The van der Waals surface area contributed by atoms with Crippen LogP contribution < -0.4 is 10.2 Å². The summed E-state index contributed by atoms with van der Waals surface area (Å²) in [6.45, 7) is 0. The zero-order valence-corrected chi connectivity index (χ0v) is 12.6. The number of carbonyl (C=O) groups excluding carboxylic acids is 1. The molecule has 0 fully saturated rings. The van der Waals surface area contributed by atoms with E-state index in [4.69, 9.17) is 23.8 Å². The molecule has 0 saturated heterocycles. The zero-order valence-electron chi connectivity index (χ0n) is 11.0. The van der Waals surface area contributed by atoms with Gasteiger partial charge < -0.3 is 4.90 Å². The Bertz CT molecular complexity index is 678. The van der Waals surface area contributed by atoms with Gasteiger partial charge in [0.25, 0.3) is 5.91 Å². The number of hydrogen-bond acceptors (Lipinski definition) is 3. The molecule has 7 heteroatoms. The smallest absolute Gasteiger partial charge is 0.260 e. The molecule has 1 heterocycles. The maximum atomic E-state index is 13.5. The molecule has 0 unspecified atom stereocenters. The number of nitrogens with zero attached hydrogens (tertiary/aromatic N) is 2. The molecular weight excluding hydrogens is 313 g/mol. The summed E-state index contributed by atoms with van der Waals surface area (Å²) >= 11 is 10.9. The Hall–Kier alpha value is -2.05. The van der Waals surface area contributed by atoms with Crippen LogP contribution in [-0.2, 0) is 0 Å². The second-order valence-corrected chi connectivity index (χ2v) is 4.97. The lowest BCUT2D eigenvalue weighted by Crippen LogP contribution is -2.40. The summed E-state index contributed by atoms with van der Waals surface area (Å²) in [6.07, 6.45) is 2.31. The van der Waals surface area contributed by atoms with Crippen molar-refractivity contribution in [3.8, 4) is 0 Å². The molecule has 108 valence electrons. The van der Waals surface area contributed by atoms with Crippen LogP contribution in [0.2, 0.25) is 5.02 Å². The van der Waals surface area contributed by atoms with E-state index in [1.54, 1.807) is 36.2 Å². The van der Waals surface area contributed by atoms with E-state index < -0.39 is 11.7 Å². The molecule has 1 aromatic heterocycles. The predicted octanol–water partition coefficient (Wildman–Crippen LogP) is 3.03. The van der Waals surface area contributed by atoms with Crippen molar-refractivity contribution in [2.45, 2.75) is 0 Å². The normalized spacial score (nSPS) is 10.0. The first-order chi connectivity index (χ1) is 9.99. The lowest BCUT2D eigenvalue weighted by atomic mass is 10.2. The Morgan fingerprint density at radius 3 is 2.62 bits per heavy atom. The van der Waals surface area contributed by atoms with E-state index in [9.17, 15) is 9.18 Å². The molecule has 0 saturated carbocycles. The molecule has 21 heavy (non-hydrogen) atoms. The van der Waals surface area contributed by atoms with Gasteiger partial charge in [0.1, 0.15) is 0 Å². The van der Waals surface area contributed by atoms with E-state index in [0.717, 1.165) is 11.9 Å². The summed E-state index contributed by atoms with van der Waals surface area (Å²) in [6, 6.07) is 8.22. The number of amides is 1. The molecule has 0 aliphatic carbocycles. The second kappa shape index (κ2) is 6.60. The van der Waals surface area contributed by atoms with E-state index in [-0.39, 0.29) is 10.7 Å². The van der Waals surface area contributed by atoms with Crippen molar-refractivity contribution in [3.63, 3.8) is 0 Å². The SMILES string of the molecule is CN(C(=S)NC(=O)c1ccncc1F)c1ccc(Cl)cc1. The second-order valence-electron chi connectivity index (χ2n) is 4.15. The molecule has 0 atom stereocenters. The number of pyridine rings is 1. The Morgan fingerprint density at radius 1 is 1.33 bits per heavy atom. The monoisotopic (exact) mass is 323 g/mol. The van der Waals surface area contributed by atoms with Gasteiger partial charge >= 0.3 is 0 Å². The maximum Gasteiger partial charge on any atom is 0.260 e.